The summed E-state index contributed by atoms with van der Waals surface area (Å²) in [4.78, 5) is 9.15. The van der Waals surface area contributed by atoms with Crippen LogP contribution in [0, 0.1) is 15.9 Å². The molecular formula is C13H8F4N2O4S. The highest BCUT2D eigenvalue weighted by molar-refractivity contribution is 7.92. The van der Waals surface area contributed by atoms with E-state index in [0.717, 1.165) is 12.1 Å². The van der Waals surface area contributed by atoms with Gasteiger partial charge in [-0.15, -0.1) is 0 Å². The number of sulfonamides is 1. The second-order valence-corrected chi connectivity index (χ2v) is 6.21. The first-order valence-electron chi connectivity index (χ1n) is 6.15. The van der Waals surface area contributed by atoms with Crippen molar-refractivity contribution in [2.75, 3.05) is 4.72 Å². The fourth-order valence-corrected chi connectivity index (χ4v) is 3.07. The molecule has 6 nitrogen and oxygen atoms in total. The van der Waals surface area contributed by atoms with E-state index in [2.05, 4.69) is 0 Å². The lowest BCUT2D eigenvalue weighted by Gasteiger charge is -2.12. The Bertz CT molecular complexity index is 897. The van der Waals surface area contributed by atoms with Gasteiger partial charge in [0.05, 0.1) is 16.2 Å². The smallest absolute Gasteiger partial charge is 0.279 e. The van der Waals surface area contributed by atoms with Crippen LogP contribution in [0.15, 0.2) is 47.4 Å². The van der Waals surface area contributed by atoms with Gasteiger partial charge in [0.25, 0.3) is 15.7 Å². The van der Waals surface area contributed by atoms with E-state index in [0.29, 0.717) is 12.1 Å². The van der Waals surface area contributed by atoms with E-state index in [-0.39, 0.29) is 6.07 Å². The largest absolute Gasteiger partial charge is 0.416 e. The van der Waals surface area contributed by atoms with Crippen LogP contribution in [0.2, 0.25) is 0 Å². The molecule has 0 fully saturated rings. The van der Waals surface area contributed by atoms with E-state index in [1.807, 2.05) is 0 Å². The minimum Gasteiger partial charge on any atom is -0.279 e. The number of nitrogens with zero attached hydrogens (tertiary/aromatic N) is 1. The second-order valence-electron chi connectivity index (χ2n) is 4.56. The summed E-state index contributed by atoms with van der Waals surface area (Å²) in [5.74, 6) is -1.31. The maximum atomic E-state index is 13.3. The van der Waals surface area contributed by atoms with E-state index < -0.39 is 48.8 Å². The van der Waals surface area contributed by atoms with Crippen LogP contribution in [0.5, 0.6) is 0 Å². The number of nitro benzene ring substituents is 1. The highest BCUT2D eigenvalue weighted by Gasteiger charge is 2.32. The average Bonchev–Trinajstić information content (AvgIpc) is 2.45. The molecule has 2 aromatic rings. The van der Waals surface area contributed by atoms with Gasteiger partial charge in [-0.25, -0.2) is 12.8 Å². The van der Waals surface area contributed by atoms with Crippen LogP contribution < -0.4 is 4.72 Å². The topological polar surface area (TPSA) is 89.3 Å². The lowest BCUT2D eigenvalue weighted by Crippen LogP contribution is -2.16. The third-order valence-corrected chi connectivity index (χ3v) is 4.26. The first kappa shape index (κ1) is 17.7. The number of hydrogen-bond donors (Lipinski definition) is 1. The van der Waals surface area contributed by atoms with Gasteiger partial charge in [-0.1, -0.05) is 12.1 Å². The normalized spacial score (nSPS) is 12.0. The quantitative estimate of drug-likeness (QED) is 0.510. The molecule has 0 aliphatic rings. The standard InChI is InChI=1S/C13H8F4N2O4S/c14-9-5-8(13(15,16)17)6-10(7-9)18-24(22,23)12-4-2-1-3-11(12)19(20)21/h1-7,18H. The molecule has 128 valence electrons. The van der Waals surface area contributed by atoms with Gasteiger partial charge >= 0.3 is 6.18 Å². The zero-order valence-electron chi connectivity index (χ0n) is 11.5. The summed E-state index contributed by atoms with van der Waals surface area (Å²) in [5, 5.41) is 10.9. The minimum absolute atomic E-state index is 0.197. The van der Waals surface area contributed by atoms with Gasteiger partial charge in [0.15, 0.2) is 4.90 Å². The number of alkyl halides is 3. The molecule has 0 heterocycles. The summed E-state index contributed by atoms with van der Waals surface area (Å²) in [6.45, 7) is 0. The van der Waals surface area contributed by atoms with Gasteiger partial charge in [-0.2, -0.15) is 13.2 Å². The molecule has 0 saturated carbocycles. The first-order chi connectivity index (χ1) is 11.0. The van der Waals surface area contributed by atoms with Gasteiger partial charge in [-0.3, -0.25) is 14.8 Å². The Hall–Kier alpha value is -2.69. The fraction of sp³-hybridized carbons (Fsp3) is 0.0769. The van der Waals surface area contributed by atoms with Crippen LogP contribution in [0.25, 0.3) is 0 Å². The predicted octanol–water partition coefficient (Wildman–Crippen LogP) is 3.55. The van der Waals surface area contributed by atoms with E-state index in [1.165, 1.54) is 12.1 Å². The predicted molar refractivity (Wildman–Crippen MR) is 75.3 cm³/mol. The summed E-state index contributed by atoms with van der Waals surface area (Å²) < 4.78 is 77.3. The number of hydrogen-bond acceptors (Lipinski definition) is 4. The SMILES string of the molecule is O=[N+]([O-])c1ccccc1S(=O)(=O)Nc1cc(F)cc(C(F)(F)F)c1. The van der Waals surface area contributed by atoms with Crippen molar-refractivity contribution in [2.45, 2.75) is 11.1 Å². The molecular weight excluding hydrogens is 356 g/mol. The summed E-state index contributed by atoms with van der Waals surface area (Å²) >= 11 is 0. The molecule has 1 N–H and O–H groups in total. The van der Waals surface area contributed by atoms with Gasteiger partial charge in [0.1, 0.15) is 5.82 Å². The molecule has 0 aliphatic carbocycles. The summed E-state index contributed by atoms with van der Waals surface area (Å²) in [5.41, 5.74) is -2.87. The zero-order valence-corrected chi connectivity index (χ0v) is 12.4. The Morgan fingerprint density at radius 1 is 1.08 bits per heavy atom. The number of nitro groups is 1. The molecule has 0 saturated heterocycles. The fourth-order valence-electron chi connectivity index (χ4n) is 1.86. The summed E-state index contributed by atoms with van der Waals surface area (Å²) in [6.07, 6.45) is -4.89. The van der Waals surface area contributed by atoms with Crippen LogP contribution in [-0.2, 0) is 16.2 Å². The zero-order chi connectivity index (χ0) is 18.1. The van der Waals surface area contributed by atoms with E-state index in [9.17, 15) is 36.1 Å². The Kier molecular flexibility index (Phi) is 4.47. The van der Waals surface area contributed by atoms with Crippen LogP contribution in [-0.4, -0.2) is 13.3 Å². The third kappa shape index (κ3) is 3.79. The second kappa shape index (κ2) is 6.07. The molecule has 0 bridgehead atoms. The number of para-hydroxylation sites is 1. The van der Waals surface area contributed by atoms with Gasteiger partial charge < -0.3 is 0 Å². The molecule has 0 spiro atoms. The molecule has 0 amide bonds. The Morgan fingerprint density at radius 3 is 2.29 bits per heavy atom. The van der Waals surface area contributed by atoms with Gasteiger partial charge in [0, 0.05) is 6.07 Å². The monoisotopic (exact) mass is 364 g/mol. The molecule has 24 heavy (non-hydrogen) atoms. The minimum atomic E-state index is -4.89. The molecule has 11 heteroatoms. The van der Waals surface area contributed by atoms with Crippen molar-refractivity contribution in [2.24, 2.45) is 0 Å². The van der Waals surface area contributed by atoms with E-state index in [4.69, 9.17) is 0 Å². The van der Waals surface area contributed by atoms with E-state index >= 15 is 0 Å². The van der Waals surface area contributed by atoms with Crippen molar-refractivity contribution in [3.8, 4) is 0 Å². The average molecular weight is 364 g/mol. The molecule has 0 atom stereocenters. The Labute approximate surface area is 132 Å². The van der Waals surface area contributed by atoms with Crippen molar-refractivity contribution in [3.63, 3.8) is 0 Å². The highest BCUT2D eigenvalue weighted by atomic mass is 32.2. The number of anilines is 1. The molecule has 0 aliphatic heterocycles. The Morgan fingerprint density at radius 2 is 1.71 bits per heavy atom. The number of nitrogens with one attached hydrogen (secondary N) is 1. The van der Waals surface area contributed by atoms with Crippen molar-refractivity contribution >= 4 is 21.4 Å². The number of benzene rings is 2. The molecule has 0 aromatic heterocycles. The van der Waals surface area contributed by atoms with E-state index in [1.54, 1.807) is 4.72 Å². The van der Waals surface area contributed by atoms with Crippen molar-refractivity contribution in [3.05, 3.63) is 64.0 Å². The molecule has 2 aromatic carbocycles. The molecule has 0 unspecified atom stereocenters. The summed E-state index contributed by atoms with van der Waals surface area (Å²) in [6, 6.07) is 5.36. The maximum Gasteiger partial charge on any atom is 0.416 e. The van der Waals surface area contributed by atoms with Crippen LogP contribution >= 0.6 is 0 Å². The van der Waals surface area contributed by atoms with Gasteiger partial charge in [-0.05, 0) is 24.3 Å². The maximum absolute atomic E-state index is 13.3. The lowest BCUT2D eigenvalue weighted by atomic mass is 10.2. The van der Waals surface area contributed by atoms with Crippen molar-refractivity contribution in [1.29, 1.82) is 0 Å². The first-order valence-corrected chi connectivity index (χ1v) is 7.63. The van der Waals surface area contributed by atoms with Crippen LogP contribution in [0.1, 0.15) is 5.56 Å². The van der Waals surface area contributed by atoms with Gasteiger partial charge in [0.2, 0.25) is 0 Å². The molecule has 0 radical (unpaired) electrons. The van der Waals surface area contributed by atoms with Crippen LogP contribution in [0.4, 0.5) is 28.9 Å². The number of halogens is 4. The highest BCUT2D eigenvalue weighted by Crippen LogP contribution is 2.33. The lowest BCUT2D eigenvalue weighted by molar-refractivity contribution is -0.387. The number of rotatable bonds is 4. The molecule has 2 rings (SSSR count). The van der Waals surface area contributed by atoms with Crippen molar-refractivity contribution in [1.82, 2.24) is 0 Å². The van der Waals surface area contributed by atoms with Crippen LogP contribution in [0.3, 0.4) is 0 Å². The summed E-state index contributed by atoms with van der Waals surface area (Å²) in [7, 11) is -4.59. The van der Waals surface area contributed by atoms with Crippen molar-refractivity contribution < 1.29 is 30.9 Å². The Balaban J connectivity index is 2.48. The third-order valence-electron chi connectivity index (χ3n) is 2.83.